The molecule has 5 heteroatoms. The molecule has 0 fully saturated rings. The molecular weight excluding hydrogens is 366 g/mol. The average molecular weight is 380 g/mol. The highest BCUT2D eigenvalue weighted by Gasteiger charge is 2.19. The molecule has 0 atom stereocenters. The molecule has 2 heterocycles. The molecule has 1 N–H and O–H groups in total. The lowest BCUT2D eigenvalue weighted by molar-refractivity contribution is 0.0940. The van der Waals surface area contributed by atoms with Crippen LogP contribution in [0, 0.1) is 0 Å². The molecule has 0 radical (unpaired) electrons. The van der Waals surface area contributed by atoms with Crippen molar-refractivity contribution in [2.24, 2.45) is 0 Å². The zero-order valence-electron chi connectivity index (χ0n) is 12.7. The lowest BCUT2D eigenvalue weighted by Gasteiger charge is -2.05. The van der Waals surface area contributed by atoms with Gasteiger partial charge in [-0.15, -0.1) is 0 Å². The van der Waals surface area contributed by atoms with E-state index in [9.17, 15) is 4.79 Å². The van der Waals surface area contributed by atoms with Crippen LogP contribution in [-0.4, -0.2) is 20.7 Å². The van der Waals surface area contributed by atoms with E-state index >= 15 is 0 Å². The maximum atomic E-state index is 12.8. The Morgan fingerprint density at radius 2 is 1.96 bits per heavy atom. The first-order valence-corrected chi connectivity index (χ1v) is 8.40. The summed E-state index contributed by atoms with van der Waals surface area (Å²) in [6, 6.07) is 17.9. The fourth-order valence-electron chi connectivity index (χ4n) is 2.89. The van der Waals surface area contributed by atoms with Crippen LogP contribution in [0.4, 0.5) is 0 Å². The highest BCUT2D eigenvalue weighted by molar-refractivity contribution is 9.10. The maximum absolute atomic E-state index is 12.8. The number of nitrogens with one attached hydrogen (secondary N) is 1. The summed E-state index contributed by atoms with van der Waals surface area (Å²) >= 11 is 3.52. The number of H-pyrrole nitrogens is 1. The third-order valence-corrected chi connectivity index (χ3v) is 4.51. The van der Waals surface area contributed by atoms with Crippen LogP contribution in [0.5, 0.6) is 0 Å². The van der Waals surface area contributed by atoms with E-state index in [1.54, 1.807) is 18.5 Å². The van der Waals surface area contributed by atoms with E-state index in [1.807, 2.05) is 36.4 Å². The number of nitrogens with zero attached hydrogens (tertiary/aromatic N) is 2. The molecule has 4 rings (SSSR count). The molecule has 0 amide bonds. The number of hydrogen-bond acceptors (Lipinski definition) is 2. The number of aromatic amines is 1. The first-order valence-electron chi connectivity index (χ1n) is 7.61. The van der Waals surface area contributed by atoms with Crippen LogP contribution < -0.4 is 0 Å². The Morgan fingerprint density at radius 1 is 1.12 bits per heavy atom. The van der Waals surface area contributed by atoms with Gasteiger partial charge in [0.15, 0.2) is 0 Å². The number of fused-ring (bicyclic) bond motifs is 1. The van der Waals surface area contributed by atoms with E-state index in [1.165, 1.54) is 4.68 Å². The summed E-state index contributed by atoms with van der Waals surface area (Å²) in [6.07, 6.45) is 3.95. The van der Waals surface area contributed by atoms with Crippen molar-refractivity contribution in [2.45, 2.75) is 6.42 Å². The highest BCUT2D eigenvalue weighted by Crippen LogP contribution is 2.28. The second-order valence-electron chi connectivity index (χ2n) is 5.59. The second kappa shape index (κ2) is 6.09. The molecule has 0 bridgehead atoms. The Bertz CT molecular complexity index is 1000. The van der Waals surface area contributed by atoms with Gasteiger partial charge in [-0.3, -0.25) is 4.79 Å². The van der Waals surface area contributed by atoms with Gasteiger partial charge in [0.05, 0.1) is 0 Å². The minimum atomic E-state index is -0.154. The topological polar surface area (TPSA) is 50.7 Å². The fraction of sp³-hybridized carbons (Fsp3) is 0.0526. The molecular formula is C19H14BrN3O. The summed E-state index contributed by atoms with van der Waals surface area (Å²) in [6.45, 7) is 0. The predicted octanol–water partition coefficient (Wildman–Crippen LogP) is 4.41. The molecule has 2 aromatic carbocycles. The number of benzene rings is 2. The van der Waals surface area contributed by atoms with Gasteiger partial charge in [-0.05, 0) is 35.4 Å². The van der Waals surface area contributed by atoms with Crippen LogP contribution in [0.1, 0.15) is 21.6 Å². The van der Waals surface area contributed by atoms with Crippen LogP contribution in [0.3, 0.4) is 0 Å². The van der Waals surface area contributed by atoms with Gasteiger partial charge in [-0.2, -0.15) is 5.10 Å². The summed E-state index contributed by atoms with van der Waals surface area (Å²) in [5.74, 6) is -0.154. The molecule has 24 heavy (non-hydrogen) atoms. The number of aromatic nitrogens is 3. The van der Waals surface area contributed by atoms with Crippen molar-refractivity contribution in [3.8, 4) is 0 Å². The lowest BCUT2D eigenvalue weighted by Crippen LogP contribution is -2.14. The molecule has 0 saturated carbocycles. The van der Waals surface area contributed by atoms with E-state index in [2.05, 4.69) is 38.1 Å². The number of carbonyl (C=O) groups is 1. The molecule has 4 aromatic rings. The van der Waals surface area contributed by atoms with E-state index in [0.29, 0.717) is 12.1 Å². The van der Waals surface area contributed by atoms with Crippen LogP contribution in [0.15, 0.2) is 71.5 Å². The minimum Gasteiger partial charge on any atom is -0.350 e. The van der Waals surface area contributed by atoms with Crippen molar-refractivity contribution in [3.05, 3.63) is 88.3 Å². The van der Waals surface area contributed by atoms with E-state index in [4.69, 9.17) is 0 Å². The highest BCUT2D eigenvalue weighted by atomic mass is 79.9. The van der Waals surface area contributed by atoms with Crippen LogP contribution >= 0.6 is 15.9 Å². The third kappa shape index (κ3) is 2.67. The molecule has 0 aliphatic heterocycles. The zero-order chi connectivity index (χ0) is 16.5. The van der Waals surface area contributed by atoms with Crippen molar-refractivity contribution in [3.63, 3.8) is 0 Å². The largest absolute Gasteiger partial charge is 0.350 e. The van der Waals surface area contributed by atoms with Crippen LogP contribution in [-0.2, 0) is 6.42 Å². The van der Waals surface area contributed by atoms with Crippen LogP contribution in [0.25, 0.3) is 10.9 Å². The average Bonchev–Trinajstić information content (AvgIpc) is 3.24. The fourth-order valence-corrected chi connectivity index (χ4v) is 3.25. The molecule has 118 valence electrons. The van der Waals surface area contributed by atoms with Crippen LogP contribution in [0.2, 0.25) is 0 Å². The van der Waals surface area contributed by atoms with E-state index < -0.39 is 0 Å². The Labute approximate surface area is 147 Å². The van der Waals surface area contributed by atoms with Crippen molar-refractivity contribution in [1.82, 2.24) is 14.8 Å². The molecule has 0 spiro atoms. The molecule has 0 saturated heterocycles. The van der Waals surface area contributed by atoms with Gasteiger partial charge in [0.2, 0.25) is 0 Å². The Balaban J connectivity index is 1.89. The second-order valence-corrected chi connectivity index (χ2v) is 6.50. The number of carbonyl (C=O) groups excluding carboxylic acids is 1. The molecule has 0 aliphatic carbocycles. The van der Waals surface area contributed by atoms with E-state index in [0.717, 1.165) is 26.5 Å². The summed E-state index contributed by atoms with van der Waals surface area (Å²) in [7, 11) is 0. The van der Waals surface area contributed by atoms with Gasteiger partial charge in [0.1, 0.15) is 5.69 Å². The Hall–Kier alpha value is -2.66. The first kappa shape index (κ1) is 14.9. The monoisotopic (exact) mass is 379 g/mol. The Morgan fingerprint density at radius 3 is 2.71 bits per heavy atom. The number of rotatable bonds is 3. The molecule has 4 nitrogen and oxygen atoms in total. The number of halogens is 1. The zero-order valence-corrected chi connectivity index (χ0v) is 14.3. The van der Waals surface area contributed by atoms with Crippen molar-refractivity contribution in [2.75, 3.05) is 0 Å². The molecule has 2 aromatic heterocycles. The first-order chi connectivity index (χ1) is 11.7. The van der Waals surface area contributed by atoms with E-state index in [-0.39, 0.29) is 5.91 Å². The van der Waals surface area contributed by atoms with Crippen molar-refractivity contribution >= 4 is 32.7 Å². The minimum absolute atomic E-state index is 0.154. The quantitative estimate of drug-likeness (QED) is 0.573. The SMILES string of the molecule is O=C(c1[nH]c2ccc(Br)cc2c1Cc1ccccc1)n1cccn1. The summed E-state index contributed by atoms with van der Waals surface area (Å²) < 4.78 is 2.34. The summed E-state index contributed by atoms with van der Waals surface area (Å²) in [5, 5.41) is 5.11. The molecule has 0 aliphatic rings. The summed E-state index contributed by atoms with van der Waals surface area (Å²) in [5.41, 5.74) is 3.67. The van der Waals surface area contributed by atoms with Gasteiger partial charge in [0, 0.05) is 34.2 Å². The predicted molar refractivity (Wildman–Crippen MR) is 97.2 cm³/mol. The third-order valence-electron chi connectivity index (χ3n) is 4.02. The smallest absolute Gasteiger partial charge is 0.294 e. The van der Waals surface area contributed by atoms with Gasteiger partial charge in [-0.25, -0.2) is 4.68 Å². The van der Waals surface area contributed by atoms with Gasteiger partial charge >= 0.3 is 0 Å². The van der Waals surface area contributed by atoms with Crippen molar-refractivity contribution < 1.29 is 4.79 Å². The van der Waals surface area contributed by atoms with Gasteiger partial charge in [0.25, 0.3) is 5.91 Å². The van der Waals surface area contributed by atoms with Gasteiger partial charge in [-0.1, -0.05) is 46.3 Å². The number of hydrogen-bond donors (Lipinski definition) is 1. The van der Waals surface area contributed by atoms with Gasteiger partial charge < -0.3 is 4.98 Å². The molecule has 0 unspecified atom stereocenters. The standard InChI is InChI=1S/C19H14BrN3O/c20-14-7-8-17-15(12-14)16(11-13-5-2-1-3-6-13)18(22-17)19(24)23-10-4-9-21-23/h1-10,12,22H,11H2. The normalized spacial score (nSPS) is 11.0. The Kier molecular flexibility index (Phi) is 3.78. The summed E-state index contributed by atoms with van der Waals surface area (Å²) in [4.78, 5) is 16.1. The lowest BCUT2D eigenvalue weighted by atomic mass is 10.0. The maximum Gasteiger partial charge on any atom is 0.294 e. The van der Waals surface area contributed by atoms with Crippen molar-refractivity contribution in [1.29, 1.82) is 0 Å².